The fourth-order valence-corrected chi connectivity index (χ4v) is 7.43. The molecule has 2 fully saturated rings. The van der Waals surface area contributed by atoms with Gasteiger partial charge in [-0.15, -0.1) is 0 Å². The Balaban J connectivity index is 1.54. The van der Waals surface area contributed by atoms with Crippen LogP contribution in [0.1, 0.15) is 86.0 Å². The van der Waals surface area contributed by atoms with Gasteiger partial charge in [-0.1, -0.05) is 62.1 Å². The van der Waals surface area contributed by atoms with Crippen molar-refractivity contribution in [2.24, 2.45) is 28.6 Å². The standard InChI is InChI=1S/C27H42O3/c1-17(7-6-13-25(2,3)30)21-10-11-22-20-9-8-18-15-19(28)16-24(29)27(18,5)23(20)12-14-26(21,22)4/h8-10,17,19,22-24,28-30H,6-7,11-16H2,1-5H3/t17-,19-,22?,23?,24+,26-,27+/m1/s1. The molecule has 2 unspecified atom stereocenters. The third-order valence-corrected chi connectivity index (χ3v) is 9.25. The van der Waals surface area contributed by atoms with Crippen LogP contribution in [-0.2, 0) is 0 Å². The first-order chi connectivity index (χ1) is 14.0. The summed E-state index contributed by atoms with van der Waals surface area (Å²) in [5.74, 6) is 1.49. The van der Waals surface area contributed by atoms with Crippen LogP contribution in [-0.4, -0.2) is 33.1 Å². The summed E-state index contributed by atoms with van der Waals surface area (Å²) in [6.45, 7) is 10.9. The second kappa shape index (κ2) is 7.60. The third-order valence-electron chi connectivity index (χ3n) is 9.25. The highest BCUT2D eigenvalue weighted by molar-refractivity contribution is 5.43. The highest BCUT2D eigenvalue weighted by Crippen LogP contribution is 2.64. The van der Waals surface area contributed by atoms with Crippen molar-refractivity contribution in [2.45, 2.75) is 104 Å². The zero-order chi connectivity index (χ0) is 21.9. The van der Waals surface area contributed by atoms with Gasteiger partial charge in [-0.3, -0.25) is 0 Å². The molecule has 0 saturated heterocycles. The lowest BCUT2D eigenvalue weighted by molar-refractivity contribution is -0.0492. The first-order valence-corrected chi connectivity index (χ1v) is 12.2. The number of hydrogen-bond acceptors (Lipinski definition) is 3. The lowest BCUT2D eigenvalue weighted by Gasteiger charge is -2.56. The van der Waals surface area contributed by atoms with E-state index in [2.05, 4.69) is 39.0 Å². The molecule has 4 aliphatic carbocycles. The first kappa shape index (κ1) is 22.3. The summed E-state index contributed by atoms with van der Waals surface area (Å²) in [4.78, 5) is 0. The predicted molar refractivity (Wildman–Crippen MR) is 122 cm³/mol. The largest absolute Gasteiger partial charge is 0.393 e. The Morgan fingerprint density at radius 1 is 1.17 bits per heavy atom. The minimum Gasteiger partial charge on any atom is -0.393 e. The number of rotatable bonds is 5. The molecule has 0 spiro atoms. The lowest BCUT2D eigenvalue weighted by atomic mass is 9.49. The Bertz CT molecular complexity index is 769. The zero-order valence-electron chi connectivity index (χ0n) is 19.6. The molecule has 0 aliphatic heterocycles. The van der Waals surface area contributed by atoms with Crippen molar-refractivity contribution in [3.8, 4) is 0 Å². The van der Waals surface area contributed by atoms with E-state index in [4.69, 9.17) is 0 Å². The summed E-state index contributed by atoms with van der Waals surface area (Å²) in [6, 6.07) is 0. The molecule has 0 aromatic carbocycles. The van der Waals surface area contributed by atoms with Crippen molar-refractivity contribution in [1.82, 2.24) is 0 Å². The monoisotopic (exact) mass is 414 g/mol. The molecule has 0 heterocycles. The van der Waals surface area contributed by atoms with Crippen LogP contribution in [0.15, 0.2) is 34.9 Å². The van der Waals surface area contributed by atoms with Gasteiger partial charge in [-0.05, 0) is 75.5 Å². The van der Waals surface area contributed by atoms with Gasteiger partial charge in [0.15, 0.2) is 0 Å². The number of aliphatic hydroxyl groups is 3. The average molecular weight is 415 g/mol. The molecule has 3 N–H and O–H groups in total. The maximum atomic E-state index is 11.0. The van der Waals surface area contributed by atoms with Crippen LogP contribution in [0.5, 0.6) is 0 Å². The second-order valence-electron chi connectivity index (χ2n) is 11.8. The van der Waals surface area contributed by atoms with E-state index in [0.29, 0.717) is 30.6 Å². The highest BCUT2D eigenvalue weighted by atomic mass is 16.3. The van der Waals surface area contributed by atoms with Crippen molar-refractivity contribution >= 4 is 0 Å². The van der Waals surface area contributed by atoms with Crippen molar-refractivity contribution in [2.75, 3.05) is 0 Å². The molecule has 7 atom stereocenters. The van der Waals surface area contributed by atoms with E-state index in [-0.39, 0.29) is 10.8 Å². The van der Waals surface area contributed by atoms with Crippen molar-refractivity contribution in [3.63, 3.8) is 0 Å². The lowest BCUT2D eigenvalue weighted by Crippen LogP contribution is -2.52. The van der Waals surface area contributed by atoms with E-state index in [9.17, 15) is 15.3 Å². The van der Waals surface area contributed by atoms with Crippen molar-refractivity contribution in [1.29, 1.82) is 0 Å². The van der Waals surface area contributed by atoms with E-state index >= 15 is 0 Å². The first-order valence-electron chi connectivity index (χ1n) is 12.2. The molecular weight excluding hydrogens is 372 g/mol. The fraction of sp³-hybridized carbons (Fsp3) is 0.778. The molecule has 0 aromatic rings. The fourth-order valence-electron chi connectivity index (χ4n) is 7.43. The molecule has 2 saturated carbocycles. The van der Waals surface area contributed by atoms with Crippen LogP contribution in [0.4, 0.5) is 0 Å². The van der Waals surface area contributed by atoms with Gasteiger partial charge < -0.3 is 15.3 Å². The topological polar surface area (TPSA) is 60.7 Å². The number of aliphatic hydroxyl groups excluding tert-OH is 2. The zero-order valence-corrected chi connectivity index (χ0v) is 19.6. The van der Waals surface area contributed by atoms with Crippen molar-refractivity contribution < 1.29 is 15.3 Å². The van der Waals surface area contributed by atoms with Crippen LogP contribution in [0.25, 0.3) is 0 Å². The van der Waals surface area contributed by atoms with E-state index in [1.54, 1.807) is 11.1 Å². The van der Waals surface area contributed by atoms with Gasteiger partial charge in [0.1, 0.15) is 0 Å². The summed E-state index contributed by atoms with van der Waals surface area (Å²) in [5.41, 5.74) is 3.85. The van der Waals surface area contributed by atoms with Gasteiger partial charge in [0.25, 0.3) is 0 Å². The average Bonchev–Trinajstić information content (AvgIpc) is 2.99. The van der Waals surface area contributed by atoms with E-state index in [0.717, 1.165) is 32.1 Å². The summed E-state index contributed by atoms with van der Waals surface area (Å²) in [7, 11) is 0. The molecule has 30 heavy (non-hydrogen) atoms. The summed E-state index contributed by atoms with van der Waals surface area (Å²) >= 11 is 0. The molecule has 4 aliphatic rings. The van der Waals surface area contributed by atoms with Gasteiger partial charge in [0.05, 0.1) is 17.8 Å². The maximum Gasteiger partial charge on any atom is 0.0661 e. The van der Waals surface area contributed by atoms with Crippen LogP contribution < -0.4 is 0 Å². The number of fused-ring (bicyclic) bond motifs is 5. The highest BCUT2D eigenvalue weighted by Gasteiger charge is 2.56. The molecule has 3 heteroatoms. The molecule has 0 aromatic heterocycles. The second-order valence-corrected chi connectivity index (χ2v) is 11.8. The Labute approximate surface area is 183 Å². The SMILES string of the molecule is C[C@H](CCCC(C)(C)O)C1=CCC2C3=CC=C4C[C@@H](O)C[C@H](O)[C@]4(C)C3CC[C@]12C. The van der Waals surface area contributed by atoms with Crippen LogP contribution >= 0.6 is 0 Å². The van der Waals surface area contributed by atoms with Gasteiger partial charge in [-0.2, -0.15) is 0 Å². The Morgan fingerprint density at radius 3 is 2.60 bits per heavy atom. The molecule has 0 radical (unpaired) electrons. The predicted octanol–water partition coefficient (Wildman–Crippen LogP) is 5.31. The molecule has 4 rings (SSSR count). The van der Waals surface area contributed by atoms with Crippen LogP contribution in [0.2, 0.25) is 0 Å². The summed E-state index contributed by atoms with van der Waals surface area (Å²) in [6.07, 6.45) is 13.9. The van der Waals surface area contributed by atoms with Gasteiger partial charge >= 0.3 is 0 Å². The molecule has 0 amide bonds. The maximum absolute atomic E-state index is 11.0. The molecular formula is C27H42O3. The Kier molecular flexibility index (Phi) is 5.65. The Hall–Kier alpha value is -0.900. The Morgan fingerprint density at radius 2 is 1.90 bits per heavy atom. The number of hydrogen-bond donors (Lipinski definition) is 3. The quantitative estimate of drug-likeness (QED) is 0.534. The van der Waals surface area contributed by atoms with E-state index in [1.165, 1.54) is 12.0 Å². The summed E-state index contributed by atoms with van der Waals surface area (Å²) < 4.78 is 0. The molecule has 168 valence electrons. The van der Waals surface area contributed by atoms with E-state index in [1.807, 2.05) is 13.8 Å². The minimum atomic E-state index is -0.574. The minimum absolute atomic E-state index is 0.217. The van der Waals surface area contributed by atoms with E-state index < -0.39 is 17.8 Å². The van der Waals surface area contributed by atoms with Gasteiger partial charge in [-0.25, -0.2) is 0 Å². The normalized spacial score (nSPS) is 41.8. The third kappa shape index (κ3) is 3.55. The number of allylic oxidation sites excluding steroid dienone is 5. The van der Waals surface area contributed by atoms with Crippen LogP contribution in [0, 0.1) is 28.6 Å². The smallest absolute Gasteiger partial charge is 0.0661 e. The van der Waals surface area contributed by atoms with Crippen molar-refractivity contribution in [3.05, 3.63) is 34.9 Å². The van der Waals surface area contributed by atoms with Gasteiger partial charge in [0, 0.05) is 11.8 Å². The molecule has 0 bridgehead atoms. The van der Waals surface area contributed by atoms with Gasteiger partial charge in [0.2, 0.25) is 0 Å². The molecule has 3 nitrogen and oxygen atoms in total. The van der Waals surface area contributed by atoms with Crippen LogP contribution in [0.3, 0.4) is 0 Å². The summed E-state index contributed by atoms with van der Waals surface area (Å²) in [5, 5.41) is 31.3.